The number of ketones is 1. The Morgan fingerprint density at radius 1 is 1.00 bits per heavy atom. The molecule has 4 aliphatic heterocycles. The maximum Gasteiger partial charge on any atom is 0.165 e. The highest BCUT2D eigenvalue weighted by Crippen LogP contribution is 2.56. The van der Waals surface area contributed by atoms with Gasteiger partial charge in [-0.3, -0.25) is 9.69 Å². The number of Topliss-reactive ketones (excluding diaryl/α,β-unsaturated/α-hetero) is 1. The van der Waals surface area contributed by atoms with Crippen molar-refractivity contribution in [3.8, 4) is 17.0 Å². The second-order valence-corrected chi connectivity index (χ2v) is 11.2. The molecule has 7 rings (SSSR count). The molecule has 4 aliphatic rings. The van der Waals surface area contributed by atoms with Crippen molar-refractivity contribution in [2.45, 2.75) is 42.7 Å². The lowest BCUT2D eigenvalue weighted by Gasteiger charge is -2.45. The minimum atomic E-state index is -0.474. The van der Waals surface area contributed by atoms with Crippen LogP contribution in [-0.2, 0) is 10.2 Å². The molecule has 2 N–H and O–H groups in total. The fraction of sp³-hybridized carbons (Fsp3) is 0.433. The Balaban J connectivity index is 1.18. The summed E-state index contributed by atoms with van der Waals surface area (Å²) in [5.74, 6) is 1.31. The minimum Gasteiger partial charge on any atom is -0.507 e. The first-order valence-electron chi connectivity index (χ1n) is 13.6. The van der Waals surface area contributed by atoms with Crippen molar-refractivity contribution in [1.82, 2.24) is 20.4 Å². The molecule has 2 aromatic carbocycles. The average molecular weight is 496 g/mol. The van der Waals surface area contributed by atoms with Crippen LogP contribution in [0.4, 0.5) is 5.69 Å². The Morgan fingerprint density at radius 3 is 2.59 bits per heavy atom. The first-order valence-corrected chi connectivity index (χ1v) is 13.6. The van der Waals surface area contributed by atoms with E-state index in [0.717, 1.165) is 69.7 Å². The highest BCUT2D eigenvalue weighted by Gasteiger charge is 2.72. The van der Waals surface area contributed by atoms with Gasteiger partial charge in [-0.05, 0) is 61.9 Å². The molecule has 0 aliphatic carbocycles. The molecule has 0 saturated carbocycles. The van der Waals surface area contributed by atoms with Crippen molar-refractivity contribution in [2.75, 3.05) is 37.6 Å². The molecule has 4 atom stereocenters. The van der Waals surface area contributed by atoms with Crippen molar-refractivity contribution in [3.05, 3.63) is 72.4 Å². The van der Waals surface area contributed by atoms with Crippen LogP contribution in [0.15, 0.2) is 66.9 Å². The van der Waals surface area contributed by atoms with Crippen LogP contribution in [0.25, 0.3) is 11.3 Å². The van der Waals surface area contributed by atoms with Gasteiger partial charge in [0.25, 0.3) is 0 Å². The zero-order valence-corrected chi connectivity index (χ0v) is 21.0. The number of para-hydroxylation sites is 1. The van der Waals surface area contributed by atoms with Gasteiger partial charge in [-0.1, -0.05) is 42.5 Å². The molecule has 4 unspecified atom stereocenters. The van der Waals surface area contributed by atoms with Crippen molar-refractivity contribution in [3.63, 3.8) is 0 Å². The van der Waals surface area contributed by atoms with Crippen molar-refractivity contribution >= 4 is 11.5 Å². The lowest BCUT2D eigenvalue weighted by atomic mass is 9.64. The summed E-state index contributed by atoms with van der Waals surface area (Å²) in [5, 5.41) is 22.5. The third-order valence-electron chi connectivity index (χ3n) is 9.49. The largest absolute Gasteiger partial charge is 0.507 e. The van der Waals surface area contributed by atoms with Gasteiger partial charge < -0.3 is 15.3 Å². The normalized spacial score (nSPS) is 29.8. The summed E-state index contributed by atoms with van der Waals surface area (Å²) in [7, 11) is 0. The summed E-state index contributed by atoms with van der Waals surface area (Å²) in [5.41, 5.74) is 2.70. The third-order valence-corrected chi connectivity index (χ3v) is 9.49. The molecule has 7 nitrogen and oxygen atoms in total. The van der Waals surface area contributed by atoms with Crippen LogP contribution in [0.2, 0.25) is 0 Å². The number of carbonyl (C=O) groups is 1. The van der Waals surface area contributed by atoms with E-state index in [-0.39, 0.29) is 11.3 Å². The first-order chi connectivity index (χ1) is 18.1. The number of fused-ring (bicyclic) bond motifs is 2. The van der Waals surface area contributed by atoms with Gasteiger partial charge in [0.05, 0.1) is 28.5 Å². The third kappa shape index (κ3) is 3.51. The molecule has 37 heavy (non-hydrogen) atoms. The number of piperidine rings is 2. The predicted molar refractivity (Wildman–Crippen MR) is 143 cm³/mol. The van der Waals surface area contributed by atoms with E-state index in [4.69, 9.17) is 0 Å². The lowest BCUT2D eigenvalue weighted by molar-refractivity contribution is -0.130. The number of hydrogen-bond acceptors (Lipinski definition) is 7. The molecule has 3 aromatic rings. The first kappa shape index (κ1) is 22.9. The second-order valence-electron chi connectivity index (χ2n) is 11.2. The zero-order valence-electron chi connectivity index (χ0n) is 21.0. The van der Waals surface area contributed by atoms with Crippen LogP contribution in [0.3, 0.4) is 0 Å². The Morgan fingerprint density at radius 2 is 1.78 bits per heavy atom. The maximum atomic E-state index is 14.7. The number of anilines is 1. The molecular weight excluding hydrogens is 462 g/mol. The van der Waals surface area contributed by atoms with E-state index < -0.39 is 5.41 Å². The van der Waals surface area contributed by atoms with E-state index in [2.05, 4.69) is 49.6 Å². The fourth-order valence-electron chi connectivity index (χ4n) is 7.43. The number of nitrogens with one attached hydrogen (secondary N) is 1. The molecule has 4 fully saturated rings. The summed E-state index contributed by atoms with van der Waals surface area (Å²) in [6.07, 6.45) is 5.49. The number of phenolic OH excluding ortho intramolecular Hbond substituents is 1. The van der Waals surface area contributed by atoms with Crippen molar-refractivity contribution in [2.24, 2.45) is 5.92 Å². The smallest absolute Gasteiger partial charge is 0.165 e. The van der Waals surface area contributed by atoms with Crippen LogP contribution < -0.4 is 10.2 Å². The van der Waals surface area contributed by atoms with Crippen LogP contribution >= 0.6 is 0 Å². The molecule has 0 radical (unpaired) electrons. The monoisotopic (exact) mass is 495 g/mol. The standard InChI is InChI=1S/C30H33N5O2/c36-26-9-5-4-8-24(26)25-16-23(18-32-33-25)34-14-12-29(13-15-34,22-6-2-1-3-7-22)28(37)30-11-10-21-17-31-19-27(30)35(30)20-21/h1-9,16,18,21,27,31,36H,10-15,17,19-20H2. The lowest BCUT2D eigenvalue weighted by Crippen LogP contribution is -2.55. The van der Waals surface area contributed by atoms with Crippen LogP contribution in [-0.4, -0.2) is 70.3 Å². The number of aromatic hydroxyl groups is 1. The summed E-state index contributed by atoms with van der Waals surface area (Å²) >= 11 is 0. The summed E-state index contributed by atoms with van der Waals surface area (Å²) in [6.45, 7) is 4.61. The summed E-state index contributed by atoms with van der Waals surface area (Å²) < 4.78 is 0. The molecule has 5 heterocycles. The van der Waals surface area contributed by atoms with E-state index in [1.807, 2.05) is 24.3 Å². The second kappa shape index (κ2) is 8.64. The summed E-state index contributed by atoms with van der Waals surface area (Å²) in [4.78, 5) is 19.6. The SMILES string of the molecule is O=C(C1(c2ccccc2)CCN(c2cnnc(-c3ccccc3O)c2)CC1)C12CCC3CNCC1N2C3. The number of rotatable bonds is 5. The Hall–Kier alpha value is -3.29. The molecule has 2 bridgehead atoms. The zero-order chi connectivity index (χ0) is 25.0. The van der Waals surface area contributed by atoms with Gasteiger partial charge in [0.2, 0.25) is 0 Å². The predicted octanol–water partition coefficient (Wildman–Crippen LogP) is 3.39. The number of benzene rings is 2. The number of phenols is 1. The topological polar surface area (TPSA) is 81.4 Å². The Kier molecular flexibility index (Phi) is 5.34. The quantitative estimate of drug-likeness (QED) is 0.525. The number of nitrogens with zero attached hydrogens (tertiary/aromatic N) is 4. The fourth-order valence-corrected chi connectivity index (χ4v) is 7.43. The van der Waals surface area contributed by atoms with Gasteiger partial charge in [-0.2, -0.15) is 10.2 Å². The van der Waals surface area contributed by atoms with Gasteiger partial charge in [-0.25, -0.2) is 0 Å². The van der Waals surface area contributed by atoms with Gasteiger partial charge in [-0.15, -0.1) is 0 Å². The molecule has 190 valence electrons. The van der Waals surface area contributed by atoms with Gasteiger partial charge in [0, 0.05) is 37.8 Å². The Bertz CT molecular complexity index is 1320. The van der Waals surface area contributed by atoms with Crippen molar-refractivity contribution < 1.29 is 9.90 Å². The Labute approximate surface area is 217 Å². The maximum absolute atomic E-state index is 14.7. The van der Waals surface area contributed by atoms with Crippen molar-refractivity contribution in [1.29, 1.82) is 0 Å². The van der Waals surface area contributed by atoms with Gasteiger partial charge in [0.1, 0.15) is 5.75 Å². The van der Waals surface area contributed by atoms with E-state index in [1.165, 1.54) is 0 Å². The molecule has 0 amide bonds. The molecular formula is C30H33N5O2. The summed E-state index contributed by atoms with van der Waals surface area (Å²) in [6, 6.07) is 20.1. The van der Waals surface area contributed by atoms with E-state index in [1.54, 1.807) is 18.3 Å². The van der Waals surface area contributed by atoms with Gasteiger partial charge in [0.15, 0.2) is 5.78 Å². The molecule has 0 spiro atoms. The highest BCUT2D eigenvalue weighted by atomic mass is 16.3. The van der Waals surface area contributed by atoms with E-state index >= 15 is 0 Å². The number of aromatic nitrogens is 2. The van der Waals surface area contributed by atoms with Crippen LogP contribution in [0, 0.1) is 5.92 Å². The van der Waals surface area contributed by atoms with E-state index in [9.17, 15) is 9.90 Å². The molecule has 7 heteroatoms. The molecule has 4 saturated heterocycles. The average Bonchev–Trinajstić information content (AvgIpc) is 3.64. The molecule has 1 aromatic heterocycles. The number of carbonyl (C=O) groups excluding carboxylic acids is 1. The highest BCUT2D eigenvalue weighted by molar-refractivity contribution is 6.01. The van der Waals surface area contributed by atoms with E-state index in [0.29, 0.717) is 29.0 Å². The van der Waals surface area contributed by atoms with Crippen LogP contribution in [0.1, 0.15) is 31.2 Å². The number of hydrogen-bond donors (Lipinski definition) is 2. The van der Waals surface area contributed by atoms with Gasteiger partial charge >= 0.3 is 0 Å². The van der Waals surface area contributed by atoms with Crippen LogP contribution in [0.5, 0.6) is 5.75 Å². The minimum absolute atomic E-state index is 0.196.